The van der Waals surface area contributed by atoms with E-state index in [2.05, 4.69) is 10.2 Å². The van der Waals surface area contributed by atoms with Crippen LogP contribution in [0, 0.1) is 5.92 Å². The third-order valence-electron chi connectivity index (χ3n) is 5.57. The number of amides is 2. The average molecular weight is 389 g/mol. The van der Waals surface area contributed by atoms with Crippen LogP contribution >= 0.6 is 0 Å². The fourth-order valence-corrected chi connectivity index (χ4v) is 4.18. The van der Waals surface area contributed by atoms with Crippen molar-refractivity contribution in [1.29, 1.82) is 0 Å². The van der Waals surface area contributed by atoms with Gasteiger partial charge in [0.05, 0.1) is 12.0 Å². The number of nitrogens with zero attached hydrogens (tertiary/aromatic N) is 2. The number of aromatic hydroxyl groups is 1. The lowest BCUT2D eigenvalue weighted by atomic mass is 9.93. The Hall–Kier alpha value is -2.61. The summed E-state index contributed by atoms with van der Waals surface area (Å²) in [5.74, 6) is -2.35. The lowest BCUT2D eigenvalue weighted by Gasteiger charge is -2.38. The summed E-state index contributed by atoms with van der Waals surface area (Å²) in [7, 11) is 3.97. The van der Waals surface area contributed by atoms with Crippen LogP contribution in [0.2, 0.25) is 0 Å². The average Bonchev–Trinajstić information content (AvgIpc) is 3.05. The highest BCUT2D eigenvalue weighted by Gasteiger charge is 2.54. The van der Waals surface area contributed by atoms with E-state index in [0.29, 0.717) is 12.0 Å². The molecule has 2 fully saturated rings. The summed E-state index contributed by atoms with van der Waals surface area (Å²) in [5, 5.41) is 22.0. The second-order valence-electron chi connectivity index (χ2n) is 7.84. The molecular weight excluding hydrogens is 362 g/mol. The number of carboxylic acid groups (broad SMARTS) is 1. The maximum absolute atomic E-state index is 13.2. The molecule has 1 aromatic rings. The van der Waals surface area contributed by atoms with Crippen molar-refractivity contribution in [2.24, 2.45) is 5.92 Å². The Balaban J connectivity index is 1.83. The van der Waals surface area contributed by atoms with Gasteiger partial charge in [0.25, 0.3) is 0 Å². The smallest absolute Gasteiger partial charge is 0.309 e. The Morgan fingerprint density at radius 2 is 1.89 bits per heavy atom. The number of unbranched alkanes of at least 4 members (excludes halogenated alkanes) is 1. The third-order valence-corrected chi connectivity index (χ3v) is 5.57. The predicted octanol–water partition coefficient (Wildman–Crippen LogP) is 0.965. The Morgan fingerprint density at radius 1 is 1.21 bits per heavy atom. The molecule has 0 bridgehead atoms. The van der Waals surface area contributed by atoms with Gasteiger partial charge >= 0.3 is 5.97 Å². The van der Waals surface area contributed by atoms with Gasteiger partial charge < -0.3 is 25.3 Å². The zero-order valence-corrected chi connectivity index (χ0v) is 16.2. The van der Waals surface area contributed by atoms with Gasteiger partial charge in [-0.15, -0.1) is 0 Å². The van der Waals surface area contributed by atoms with E-state index < -0.39 is 30.0 Å². The fraction of sp³-hybridized carbons (Fsp3) is 0.550. The van der Waals surface area contributed by atoms with Crippen LogP contribution in [0.1, 0.15) is 37.3 Å². The summed E-state index contributed by atoms with van der Waals surface area (Å²) in [6.07, 6.45) is 2.32. The van der Waals surface area contributed by atoms with Crippen molar-refractivity contribution in [1.82, 2.24) is 15.1 Å². The highest BCUT2D eigenvalue weighted by atomic mass is 16.4. The number of hydrogen-bond donors (Lipinski definition) is 3. The molecule has 2 aliphatic heterocycles. The summed E-state index contributed by atoms with van der Waals surface area (Å²) >= 11 is 0. The molecule has 0 aromatic heterocycles. The zero-order chi connectivity index (χ0) is 20.4. The largest absolute Gasteiger partial charge is 0.508 e. The van der Waals surface area contributed by atoms with E-state index in [1.165, 1.54) is 17.0 Å². The summed E-state index contributed by atoms with van der Waals surface area (Å²) in [6, 6.07) is 4.05. The van der Waals surface area contributed by atoms with Gasteiger partial charge in [0.15, 0.2) is 0 Å². The molecule has 2 saturated heterocycles. The molecule has 1 aromatic carbocycles. The van der Waals surface area contributed by atoms with Crippen LogP contribution < -0.4 is 5.32 Å². The Labute approximate surface area is 164 Å². The van der Waals surface area contributed by atoms with Gasteiger partial charge in [-0.1, -0.05) is 12.1 Å². The molecule has 0 unspecified atom stereocenters. The van der Waals surface area contributed by atoms with Gasteiger partial charge in [0.1, 0.15) is 17.8 Å². The van der Waals surface area contributed by atoms with Crippen molar-refractivity contribution in [3.05, 3.63) is 29.8 Å². The van der Waals surface area contributed by atoms with Crippen molar-refractivity contribution >= 4 is 17.8 Å². The zero-order valence-electron chi connectivity index (χ0n) is 16.2. The van der Waals surface area contributed by atoms with Crippen molar-refractivity contribution in [2.45, 2.75) is 43.8 Å². The number of aliphatic carboxylic acids is 1. The normalized spacial score (nSPS) is 27.0. The number of carboxylic acids is 1. The predicted molar refractivity (Wildman–Crippen MR) is 102 cm³/mol. The highest BCUT2D eigenvalue weighted by molar-refractivity contribution is 5.98. The molecule has 28 heavy (non-hydrogen) atoms. The molecule has 2 amide bonds. The minimum Gasteiger partial charge on any atom is -0.508 e. The molecule has 3 rings (SSSR count). The highest BCUT2D eigenvalue weighted by Crippen LogP contribution is 2.43. The van der Waals surface area contributed by atoms with Crippen molar-refractivity contribution in [2.75, 3.05) is 20.6 Å². The molecule has 8 heteroatoms. The Bertz CT molecular complexity index is 749. The molecule has 0 radical (unpaired) electrons. The van der Waals surface area contributed by atoms with Gasteiger partial charge in [0, 0.05) is 0 Å². The maximum Gasteiger partial charge on any atom is 0.309 e. The maximum atomic E-state index is 13.2. The second-order valence-corrected chi connectivity index (χ2v) is 7.84. The molecule has 0 saturated carbocycles. The number of phenolic OH excluding ortho intramolecular Hbond substituents is 1. The summed E-state index contributed by atoms with van der Waals surface area (Å²) in [6.45, 7) is 0.901. The fourth-order valence-electron chi connectivity index (χ4n) is 4.18. The SMILES string of the molecule is CN(C)CCCC[C@@H]1NC(=O)[C@@H]2C[C@H](C(=O)O)[C@H](c3ccc(O)cc3)N2C1=O. The topological polar surface area (TPSA) is 110 Å². The van der Waals surface area contributed by atoms with Crippen molar-refractivity contribution in [3.63, 3.8) is 0 Å². The lowest BCUT2D eigenvalue weighted by molar-refractivity contribution is -0.150. The number of rotatable bonds is 7. The van der Waals surface area contributed by atoms with E-state index in [-0.39, 0.29) is 24.0 Å². The molecule has 3 N–H and O–H groups in total. The third kappa shape index (κ3) is 3.96. The molecule has 0 aliphatic carbocycles. The molecule has 2 heterocycles. The van der Waals surface area contributed by atoms with Gasteiger partial charge in [0.2, 0.25) is 11.8 Å². The van der Waals surface area contributed by atoms with Crippen molar-refractivity contribution in [3.8, 4) is 5.75 Å². The first kappa shape index (κ1) is 20.1. The minimum absolute atomic E-state index is 0.0617. The number of benzene rings is 1. The monoisotopic (exact) mass is 389 g/mol. The molecule has 4 atom stereocenters. The van der Waals surface area contributed by atoms with E-state index in [0.717, 1.165) is 19.4 Å². The number of nitrogens with one attached hydrogen (secondary N) is 1. The van der Waals surface area contributed by atoms with Crippen LogP contribution in [0.25, 0.3) is 0 Å². The summed E-state index contributed by atoms with van der Waals surface area (Å²) in [5.41, 5.74) is 0.613. The van der Waals surface area contributed by atoms with E-state index >= 15 is 0 Å². The van der Waals surface area contributed by atoms with Gasteiger partial charge in [-0.05, 0) is 64.0 Å². The van der Waals surface area contributed by atoms with Gasteiger partial charge in [-0.2, -0.15) is 0 Å². The standard InChI is InChI=1S/C20H27N3O5/c1-22(2)10-4-3-5-15-19(26)23-16(18(25)21-15)11-14(20(27)28)17(23)12-6-8-13(24)9-7-12/h6-9,14-17,24H,3-5,10-11H2,1-2H3,(H,21,25)(H,27,28)/t14-,15-,16-,17-/m0/s1. The van der Waals surface area contributed by atoms with Crippen molar-refractivity contribution < 1.29 is 24.6 Å². The molecular formula is C20H27N3O5. The Morgan fingerprint density at radius 3 is 2.50 bits per heavy atom. The first-order chi connectivity index (χ1) is 13.3. The first-order valence-corrected chi connectivity index (χ1v) is 9.58. The van der Waals surface area contributed by atoms with Gasteiger partial charge in [-0.25, -0.2) is 0 Å². The second kappa shape index (κ2) is 8.18. The summed E-state index contributed by atoms with van der Waals surface area (Å²) < 4.78 is 0. The van der Waals surface area contributed by atoms with E-state index in [4.69, 9.17) is 0 Å². The number of piperazine rings is 1. The van der Waals surface area contributed by atoms with Gasteiger partial charge in [-0.3, -0.25) is 14.4 Å². The molecule has 0 spiro atoms. The van der Waals surface area contributed by atoms with E-state index in [1.807, 2.05) is 14.1 Å². The van der Waals surface area contributed by atoms with Crippen LogP contribution in [-0.2, 0) is 14.4 Å². The van der Waals surface area contributed by atoms with E-state index in [9.17, 15) is 24.6 Å². The molecule has 8 nitrogen and oxygen atoms in total. The van der Waals surface area contributed by atoms with Crippen LogP contribution in [0.4, 0.5) is 0 Å². The van der Waals surface area contributed by atoms with Crippen LogP contribution in [0.15, 0.2) is 24.3 Å². The first-order valence-electron chi connectivity index (χ1n) is 9.58. The quantitative estimate of drug-likeness (QED) is 0.600. The molecule has 2 aliphatic rings. The Kier molecular flexibility index (Phi) is 5.88. The number of carbonyl (C=O) groups excluding carboxylic acids is 2. The summed E-state index contributed by atoms with van der Waals surface area (Å²) in [4.78, 5) is 41.1. The number of phenols is 1. The van der Waals surface area contributed by atoms with Crippen LogP contribution in [0.3, 0.4) is 0 Å². The molecule has 152 valence electrons. The lowest BCUT2D eigenvalue weighted by Crippen LogP contribution is -2.61. The van der Waals surface area contributed by atoms with Crippen LogP contribution in [0.5, 0.6) is 5.75 Å². The number of carbonyl (C=O) groups is 3. The van der Waals surface area contributed by atoms with E-state index in [1.54, 1.807) is 12.1 Å². The van der Waals surface area contributed by atoms with Crippen LogP contribution in [-0.4, -0.2) is 70.5 Å². The number of hydrogen-bond acceptors (Lipinski definition) is 5. The number of fused-ring (bicyclic) bond motifs is 1. The minimum atomic E-state index is -1.03.